The van der Waals surface area contributed by atoms with Gasteiger partial charge in [0.1, 0.15) is 0 Å². The first-order valence-corrected chi connectivity index (χ1v) is 5.71. The molecule has 1 aliphatic rings. The summed E-state index contributed by atoms with van der Waals surface area (Å²) in [6.45, 7) is 1.40. The predicted octanol–water partition coefficient (Wildman–Crippen LogP) is 2.27. The molecular formula is C12H14F3NO2. The predicted molar refractivity (Wildman–Crippen MR) is 59.5 cm³/mol. The fourth-order valence-electron chi connectivity index (χ4n) is 2.27. The van der Waals surface area contributed by atoms with Crippen molar-refractivity contribution in [1.29, 1.82) is 0 Å². The highest BCUT2D eigenvalue weighted by atomic mass is 19.4. The molecule has 6 heteroatoms. The molecule has 3 nitrogen and oxygen atoms in total. The standard InChI is InChI=1S/C12H14F3NO2/c13-12(14,15)9-1-2-10(17)11(18)8(9)5-7-3-4-16-6-7/h1-2,7,16-18H,3-6H2. The van der Waals surface area contributed by atoms with Gasteiger partial charge in [-0.2, -0.15) is 13.2 Å². The highest BCUT2D eigenvalue weighted by Crippen LogP contribution is 2.41. The molecule has 0 saturated carbocycles. The number of aromatic hydroxyl groups is 2. The molecule has 1 fully saturated rings. The first-order chi connectivity index (χ1) is 8.39. The molecule has 0 bridgehead atoms. The molecule has 3 N–H and O–H groups in total. The molecule has 0 amide bonds. The van der Waals surface area contributed by atoms with E-state index in [4.69, 9.17) is 0 Å². The Hall–Kier alpha value is -1.43. The molecule has 2 rings (SSSR count). The molecule has 18 heavy (non-hydrogen) atoms. The summed E-state index contributed by atoms with van der Waals surface area (Å²) in [6.07, 6.45) is -3.64. The van der Waals surface area contributed by atoms with E-state index in [2.05, 4.69) is 5.32 Å². The lowest BCUT2D eigenvalue weighted by atomic mass is 9.93. The lowest BCUT2D eigenvalue weighted by Crippen LogP contribution is -2.15. The van der Waals surface area contributed by atoms with Crippen LogP contribution >= 0.6 is 0 Å². The van der Waals surface area contributed by atoms with Crippen LogP contribution in [0.1, 0.15) is 17.5 Å². The molecule has 1 saturated heterocycles. The third-order valence-electron chi connectivity index (χ3n) is 3.22. The molecular weight excluding hydrogens is 247 g/mol. The third-order valence-corrected chi connectivity index (χ3v) is 3.22. The number of phenolic OH excluding ortho intramolecular Hbond substituents is 2. The zero-order chi connectivity index (χ0) is 13.3. The van der Waals surface area contributed by atoms with E-state index in [0.717, 1.165) is 25.1 Å². The van der Waals surface area contributed by atoms with Crippen LogP contribution in [-0.4, -0.2) is 23.3 Å². The van der Waals surface area contributed by atoms with Crippen LogP contribution in [0, 0.1) is 5.92 Å². The zero-order valence-corrected chi connectivity index (χ0v) is 9.59. The number of benzene rings is 1. The highest BCUT2D eigenvalue weighted by Gasteiger charge is 2.36. The number of nitrogens with one attached hydrogen (secondary N) is 1. The number of phenols is 2. The molecule has 1 aromatic rings. The van der Waals surface area contributed by atoms with E-state index >= 15 is 0 Å². The third kappa shape index (κ3) is 2.53. The van der Waals surface area contributed by atoms with Crippen molar-refractivity contribution in [2.75, 3.05) is 13.1 Å². The summed E-state index contributed by atoms with van der Waals surface area (Å²) in [7, 11) is 0. The van der Waals surface area contributed by atoms with Gasteiger partial charge in [0.05, 0.1) is 5.56 Å². The molecule has 1 aromatic carbocycles. The second kappa shape index (κ2) is 4.68. The minimum absolute atomic E-state index is 0.0544. The van der Waals surface area contributed by atoms with Gasteiger partial charge in [-0.1, -0.05) is 0 Å². The topological polar surface area (TPSA) is 52.5 Å². The molecule has 0 aliphatic carbocycles. The van der Waals surface area contributed by atoms with E-state index in [1.165, 1.54) is 0 Å². The van der Waals surface area contributed by atoms with Crippen LogP contribution in [0.25, 0.3) is 0 Å². The van der Waals surface area contributed by atoms with Crippen LogP contribution in [0.4, 0.5) is 13.2 Å². The summed E-state index contributed by atoms with van der Waals surface area (Å²) < 4.78 is 38.5. The van der Waals surface area contributed by atoms with Crippen molar-refractivity contribution in [3.8, 4) is 11.5 Å². The summed E-state index contributed by atoms with van der Waals surface area (Å²) in [4.78, 5) is 0. The molecule has 0 aromatic heterocycles. The molecule has 1 atom stereocenters. The van der Waals surface area contributed by atoms with Crippen LogP contribution < -0.4 is 5.32 Å². The summed E-state index contributed by atoms with van der Waals surface area (Å²) >= 11 is 0. The van der Waals surface area contributed by atoms with Gasteiger partial charge in [0, 0.05) is 5.56 Å². The second-order valence-corrected chi connectivity index (χ2v) is 4.52. The molecule has 100 valence electrons. The van der Waals surface area contributed by atoms with Crippen molar-refractivity contribution in [2.24, 2.45) is 5.92 Å². The largest absolute Gasteiger partial charge is 0.504 e. The van der Waals surface area contributed by atoms with Gasteiger partial charge in [0.25, 0.3) is 0 Å². The Balaban J connectivity index is 2.38. The molecule has 1 aliphatic heterocycles. The number of halogens is 3. The van der Waals surface area contributed by atoms with E-state index in [-0.39, 0.29) is 17.9 Å². The van der Waals surface area contributed by atoms with Crippen molar-refractivity contribution >= 4 is 0 Å². The Morgan fingerprint density at radius 1 is 1.28 bits per heavy atom. The molecule has 0 spiro atoms. The smallest absolute Gasteiger partial charge is 0.416 e. The highest BCUT2D eigenvalue weighted by molar-refractivity contribution is 5.50. The zero-order valence-electron chi connectivity index (χ0n) is 9.59. The van der Waals surface area contributed by atoms with Gasteiger partial charge >= 0.3 is 6.18 Å². The number of alkyl halides is 3. The molecule has 1 heterocycles. The lowest BCUT2D eigenvalue weighted by molar-refractivity contribution is -0.138. The van der Waals surface area contributed by atoms with Crippen molar-refractivity contribution < 1.29 is 23.4 Å². The van der Waals surface area contributed by atoms with E-state index in [1.54, 1.807) is 0 Å². The van der Waals surface area contributed by atoms with Crippen LogP contribution in [0.5, 0.6) is 11.5 Å². The summed E-state index contributed by atoms with van der Waals surface area (Å²) in [5.74, 6) is -1.11. The normalized spacial score (nSPS) is 20.3. The number of hydrogen-bond acceptors (Lipinski definition) is 3. The minimum Gasteiger partial charge on any atom is -0.504 e. The Labute approximate surface area is 102 Å². The Bertz CT molecular complexity index is 440. The quantitative estimate of drug-likeness (QED) is 0.716. The van der Waals surface area contributed by atoms with E-state index in [9.17, 15) is 23.4 Å². The maximum Gasteiger partial charge on any atom is 0.416 e. The van der Waals surface area contributed by atoms with E-state index < -0.39 is 23.2 Å². The molecule has 1 unspecified atom stereocenters. The average molecular weight is 261 g/mol. The van der Waals surface area contributed by atoms with Crippen molar-refractivity contribution in [3.05, 3.63) is 23.3 Å². The monoisotopic (exact) mass is 261 g/mol. The van der Waals surface area contributed by atoms with Gasteiger partial charge < -0.3 is 15.5 Å². The van der Waals surface area contributed by atoms with Crippen LogP contribution in [0.3, 0.4) is 0 Å². The summed E-state index contributed by atoms with van der Waals surface area (Å²) in [6, 6.07) is 1.68. The van der Waals surface area contributed by atoms with Crippen LogP contribution in [0.2, 0.25) is 0 Å². The number of hydrogen-bond donors (Lipinski definition) is 3. The Morgan fingerprint density at radius 2 is 2.00 bits per heavy atom. The van der Waals surface area contributed by atoms with Crippen LogP contribution in [0.15, 0.2) is 12.1 Å². The van der Waals surface area contributed by atoms with Gasteiger partial charge in [-0.3, -0.25) is 0 Å². The fourth-order valence-corrected chi connectivity index (χ4v) is 2.27. The number of rotatable bonds is 2. The van der Waals surface area contributed by atoms with E-state index in [0.29, 0.717) is 6.54 Å². The Kier molecular flexibility index (Phi) is 3.38. The Morgan fingerprint density at radius 3 is 2.56 bits per heavy atom. The summed E-state index contributed by atoms with van der Waals surface area (Å²) in [5.41, 5.74) is -1.08. The maximum absolute atomic E-state index is 12.8. The first-order valence-electron chi connectivity index (χ1n) is 5.71. The maximum atomic E-state index is 12.8. The fraction of sp³-hybridized carbons (Fsp3) is 0.500. The van der Waals surface area contributed by atoms with E-state index in [1.807, 2.05) is 0 Å². The minimum atomic E-state index is -4.52. The van der Waals surface area contributed by atoms with Gasteiger partial charge in [-0.05, 0) is 44.0 Å². The van der Waals surface area contributed by atoms with Gasteiger partial charge in [0.15, 0.2) is 11.5 Å². The first kappa shape index (κ1) is 13.0. The summed E-state index contributed by atoms with van der Waals surface area (Å²) in [5, 5.41) is 22.0. The molecule has 0 radical (unpaired) electrons. The second-order valence-electron chi connectivity index (χ2n) is 4.52. The van der Waals surface area contributed by atoms with Crippen molar-refractivity contribution in [1.82, 2.24) is 5.32 Å². The lowest BCUT2D eigenvalue weighted by Gasteiger charge is -2.17. The van der Waals surface area contributed by atoms with Crippen molar-refractivity contribution in [3.63, 3.8) is 0 Å². The van der Waals surface area contributed by atoms with Gasteiger partial charge in [-0.25, -0.2) is 0 Å². The van der Waals surface area contributed by atoms with Crippen molar-refractivity contribution in [2.45, 2.75) is 19.0 Å². The van der Waals surface area contributed by atoms with Gasteiger partial charge in [0.2, 0.25) is 0 Å². The average Bonchev–Trinajstić information content (AvgIpc) is 2.76. The van der Waals surface area contributed by atoms with Crippen LogP contribution in [-0.2, 0) is 12.6 Å². The van der Waals surface area contributed by atoms with Gasteiger partial charge in [-0.15, -0.1) is 0 Å². The SMILES string of the molecule is Oc1ccc(C(F)(F)F)c(CC2CCNC2)c1O.